The maximum absolute atomic E-state index is 12.7. The van der Waals surface area contributed by atoms with Crippen LogP contribution in [-0.4, -0.2) is 69.9 Å². The van der Waals surface area contributed by atoms with Crippen LogP contribution in [0, 0.1) is 0 Å². The number of carbonyl (C=O) groups is 2. The number of nitrogens with zero attached hydrogens (tertiary/aromatic N) is 4. The maximum atomic E-state index is 12.7. The van der Waals surface area contributed by atoms with Gasteiger partial charge in [0.1, 0.15) is 28.4 Å². The summed E-state index contributed by atoms with van der Waals surface area (Å²) in [6.07, 6.45) is 4.77. The Morgan fingerprint density at radius 1 is 1.05 bits per heavy atom. The highest BCUT2D eigenvalue weighted by molar-refractivity contribution is 6.04. The Labute approximate surface area is 215 Å². The molecule has 0 unspecified atom stereocenters. The van der Waals surface area contributed by atoms with Crippen LogP contribution < -0.4 is 10.5 Å². The van der Waals surface area contributed by atoms with Crippen LogP contribution >= 0.6 is 0 Å². The lowest BCUT2D eigenvalue weighted by Crippen LogP contribution is -2.32. The van der Waals surface area contributed by atoms with E-state index in [4.69, 9.17) is 15.6 Å². The molecule has 0 spiro atoms. The van der Waals surface area contributed by atoms with Crippen molar-refractivity contribution in [2.45, 2.75) is 12.8 Å². The number of rotatable bonds is 7. The Balaban J connectivity index is 1.40. The summed E-state index contributed by atoms with van der Waals surface area (Å²) in [5, 5.41) is 4.79. The highest BCUT2D eigenvalue weighted by atomic mass is 16.5. The molecule has 37 heavy (non-hydrogen) atoms. The number of primary amides is 1. The molecule has 3 N–H and O–H groups in total. The molecule has 0 aliphatic carbocycles. The minimum atomic E-state index is -0.547. The van der Waals surface area contributed by atoms with E-state index in [1.807, 2.05) is 84.6 Å². The zero-order valence-corrected chi connectivity index (χ0v) is 21.0. The number of aromatic amines is 1. The summed E-state index contributed by atoms with van der Waals surface area (Å²) >= 11 is 0. The number of amides is 2. The maximum Gasteiger partial charge on any atom is 0.254 e. The third kappa shape index (κ3) is 5.12. The molecule has 0 saturated carbocycles. The van der Waals surface area contributed by atoms with E-state index < -0.39 is 5.91 Å². The number of H-pyrrole nitrogens is 1. The predicted molar refractivity (Wildman–Crippen MR) is 142 cm³/mol. The van der Waals surface area contributed by atoms with Crippen molar-refractivity contribution in [3.63, 3.8) is 0 Å². The molecular weight excluding hydrogens is 468 g/mol. The number of imidazole rings is 1. The summed E-state index contributed by atoms with van der Waals surface area (Å²) < 4.78 is 7.65. The van der Waals surface area contributed by atoms with Crippen LogP contribution in [0.4, 0.5) is 0 Å². The summed E-state index contributed by atoms with van der Waals surface area (Å²) in [5.74, 6) is 0.874. The van der Waals surface area contributed by atoms with Gasteiger partial charge in [0.25, 0.3) is 5.91 Å². The minimum absolute atomic E-state index is 0.0000349. The van der Waals surface area contributed by atoms with Gasteiger partial charge in [0.2, 0.25) is 5.91 Å². The predicted octanol–water partition coefficient (Wildman–Crippen LogP) is 3.27. The lowest BCUT2D eigenvalue weighted by Gasteiger charge is -2.18. The van der Waals surface area contributed by atoms with Gasteiger partial charge in [-0.1, -0.05) is 24.3 Å². The summed E-state index contributed by atoms with van der Waals surface area (Å²) in [4.78, 5) is 32.4. The molecule has 0 fully saturated rings. The van der Waals surface area contributed by atoms with Gasteiger partial charge in [-0.25, -0.2) is 4.52 Å². The van der Waals surface area contributed by atoms with E-state index in [9.17, 15) is 9.59 Å². The standard InChI is InChI=1S/C28H30N6O3/c1-32(2)16-6-9-24(35)33-17-14-22-23(15-18-33)34-28(30-22)25(27(29)36)26(31-34)19-10-12-21(13-11-19)37-20-7-4-3-5-8-20/h3-13,30H,14-18H2,1-2H3,(H2,29,36). The van der Waals surface area contributed by atoms with E-state index in [2.05, 4.69) is 4.98 Å². The number of para-hydroxylation sites is 1. The molecule has 5 rings (SSSR count). The number of hydrogen-bond donors (Lipinski definition) is 2. The number of likely N-dealkylation sites (N-methyl/N-ethyl adjacent to an activating group) is 1. The van der Waals surface area contributed by atoms with Crippen LogP contribution in [0.1, 0.15) is 21.7 Å². The fourth-order valence-corrected chi connectivity index (χ4v) is 4.57. The summed E-state index contributed by atoms with van der Waals surface area (Å²) in [7, 11) is 3.92. The summed E-state index contributed by atoms with van der Waals surface area (Å²) in [5.41, 5.74) is 9.95. The number of nitrogens with one attached hydrogen (secondary N) is 1. The number of nitrogens with two attached hydrogens (primary N) is 1. The molecule has 3 heterocycles. The van der Waals surface area contributed by atoms with Crippen molar-refractivity contribution in [1.29, 1.82) is 0 Å². The highest BCUT2D eigenvalue weighted by Crippen LogP contribution is 2.31. The molecule has 4 aromatic rings. The van der Waals surface area contributed by atoms with Crippen molar-refractivity contribution in [3.8, 4) is 22.8 Å². The zero-order valence-electron chi connectivity index (χ0n) is 21.0. The Bertz CT molecular complexity index is 1450. The minimum Gasteiger partial charge on any atom is -0.457 e. The van der Waals surface area contributed by atoms with Gasteiger partial charge in [0.15, 0.2) is 0 Å². The monoisotopic (exact) mass is 498 g/mol. The van der Waals surface area contributed by atoms with Gasteiger partial charge < -0.3 is 25.3 Å². The second-order valence-corrected chi connectivity index (χ2v) is 9.33. The molecule has 0 atom stereocenters. The molecule has 0 radical (unpaired) electrons. The van der Waals surface area contributed by atoms with Crippen molar-refractivity contribution in [2.24, 2.45) is 5.73 Å². The van der Waals surface area contributed by atoms with Crippen LogP contribution in [0.3, 0.4) is 0 Å². The number of aromatic nitrogens is 3. The smallest absolute Gasteiger partial charge is 0.254 e. The van der Waals surface area contributed by atoms with Crippen LogP contribution in [0.15, 0.2) is 66.7 Å². The summed E-state index contributed by atoms with van der Waals surface area (Å²) in [6, 6.07) is 16.9. The van der Waals surface area contributed by atoms with Gasteiger partial charge in [-0.15, -0.1) is 0 Å². The lowest BCUT2D eigenvalue weighted by atomic mass is 10.1. The third-order valence-electron chi connectivity index (χ3n) is 6.40. The molecule has 190 valence electrons. The van der Waals surface area contributed by atoms with Gasteiger partial charge in [0, 0.05) is 49.8 Å². The number of ether oxygens (including phenoxy) is 1. The average Bonchev–Trinajstić information content (AvgIpc) is 3.33. The van der Waals surface area contributed by atoms with Gasteiger partial charge in [-0.2, -0.15) is 5.10 Å². The number of fused-ring (bicyclic) bond motifs is 3. The molecule has 9 heteroatoms. The SMILES string of the molecule is CN(C)CC=CC(=O)N1CCc2[nH]c3c(C(N)=O)c(-c4ccc(Oc5ccccc5)cc4)nn3c2CC1. The first-order valence-corrected chi connectivity index (χ1v) is 12.3. The van der Waals surface area contributed by atoms with Crippen LogP contribution in [0.25, 0.3) is 16.9 Å². The van der Waals surface area contributed by atoms with E-state index in [-0.39, 0.29) is 5.91 Å². The molecule has 1 aliphatic rings. The molecule has 1 aliphatic heterocycles. The second kappa shape index (κ2) is 10.3. The highest BCUT2D eigenvalue weighted by Gasteiger charge is 2.27. The van der Waals surface area contributed by atoms with Crippen molar-refractivity contribution >= 4 is 17.5 Å². The number of carbonyl (C=O) groups excluding carboxylic acids is 2. The van der Waals surface area contributed by atoms with E-state index in [0.717, 1.165) is 22.7 Å². The van der Waals surface area contributed by atoms with Gasteiger partial charge in [-0.05, 0) is 50.5 Å². The normalized spacial score (nSPS) is 13.8. The summed E-state index contributed by atoms with van der Waals surface area (Å²) in [6.45, 7) is 1.87. The van der Waals surface area contributed by atoms with Gasteiger partial charge in [-0.3, -0.25) is 9.59 Å². The van der Waals surface area contributed by atoms with E-state index in [0.29, 0.717) is 55.1 Å². The topological polar surface area (TPSA) is 109 Å². The molecule has 0 saturated heterocycles. The fourth-order valence-electron chi connectivity index (χ4n) is 4.57. The quantitative estimate of drug-likeness (QED) is 0.380. The second-order valence-electron chi connectivity index (χ2n) is 9.33. The van der Waals surface area contributed by atoms with Crippen molar-refractivity contribution in [3.05, 3.63) is 83.7 Å². The van der Waals surface area contributed by atoms with Crippen molar-refractivity contribution in [1.82, 2.24) is 24.4 Å². The first-order valence-electron chi connectivity index (χ1n) is 12.3. The number of hydrogen-bond acceptors (Lipinski definition) is 5. The van der Waals surface area contributed by atoms with E-state index >= 15 is 0 Å². The molecule has 0 bridgehead atoms. The van der Waals surface area contributed by atoms with E-state index in [1.54, 1.807) is 10.6 Å². The first kappa shape index (κ1) is 24.3. The zero-order chi connectivity index (χ0) is 25.9. The molecule has 2 aromatic carbocycles. The molecular formula is C28H30N6O3. The molecule has 2 aromatic heterocycles. The Kier molecular flexibility index (Phi) is 6.78. The molecule has 2 amide bonds. The van der Waals surface area contributed by atoms with Gasteiger partial charge >= 0.3 is 0 Å². The third-order valence-corrected chi connectivity index (χ3v) is 6.40. The van der Waals surface area contributed by atoms with Crippen LogP contribution in [0.5, 0.6) is 11.5 Å². The lowest BCUT2D eigenvalue weighted by molar-refractivity contribution is -0.125. The average molecular weight is 499 g/mol. The fraction of sp³-hybridized carbons (Fsp3) is 0.250. The Morgan fingerprint density at radius 2 is 1.76 bits per heavy atom. The van der Waals surface area contributed by atoms with Gasteiger partial charge in [0.05, 0.1) is 5.69 Å². The van der Waals surface area contributed by atoms with Crippen molar-refractivity contribution in [2.75, 3.05) is 33.7 Å². The first-order chi connectivity index (χ1) is 17.9. The number of benzene rings is 2. The van der Waals surface area contributed by atoms with Crippen molar-refractivity contribution < 1.29 is 14.3 Å². The van der Waals surface area contributed by atoms with Crippen LogP contribution in [-0.2, 0) is 17.6 Å². The van der Waals surface area contributed by atoms with Crippen LogP contribution in [0.2, 0.25) is 0 Å². The van der Waals surface area contributed by atoms with E-state index in [1.165, 1.54) is 0 Å². The Hall–Kier alpha value is -4.37. The largest absolute Gasteiger partial charge is 0.457 e. The molecule has 9 nitrogen and oxygen atoms in total. The Morgan fingerprint density at radius 3 is 2.46 bits per heavy atom.